The molecule has 1 saturated heterocycles. The van der Waals surface area contributed by atoms with Crippen LogP contribution in [0.5, 0.6) is 0 Å². The van der Waals surface area contributed by atoms with Gasteiger partial charge in [0.05, 0.1) is 6.04 Å². The number of benzene rings is 1. The molecule has 1 amide bonds. The predicted octanol–water partition coefficient (Wildman–Crippen LogP) is 3.95. The van der Waals surface area contributed by atoms with E-state index >= 15 is 0 Å². The number of pyridine rings is 1. The van der Waals surface area contributed by atoms with Gasteiger partial charge in [0.2, 0.25) is 0 Å². The lowest BCUT2D eigenvalue weighted by Crippen LogP contribution is -2.38. The van der Waals surface area contributed by atoms with Crippen molar-refractivity contribution in [3.63, 3.8) is 0 Å². The van der Waals surface area contributed by atoms with Crippen molar-refractivity contribution in [3.05, 3.63) is 66.0 Å². The molecule has 1 atom stereocenters. The minimum absolute atomic E-state index is 0.0747. The van der Waals surface area contributed by atoms with Crippen molar-refractivity contribution in [2.75, 3.05) is 6.54 Å². The highest BCUT2D eigenvalue weighted by Gasteiger charge is 2.29. The first kappa shape index (κ1) is 14.6. The molecule has 3 rings (SSSR count). The number of ether oxygens (including phenoxy) is 1. The number of piperidine rings is 1. The Bertz CT molecular complexity index is 601. The highest BCUT2D eigenvalue weighted by atomic mass is 16.6. The number of carbonyl (C=O) groups is 1. The Kier molecular flexibility index (Phi) is 4.68. The second-order valence-electron chi connectivity index (χ2n) is 5.53. The maximum atomic E-state index is 12.4. The molecule has 1 aromatic heterocycles. The van der Waals surface area contributed by atoms with Crippen LogP contribution in [0.25, 0.3) is 0 Å². The first-order valence-corrected chi connectivity index (χ1v) is 7.72. The second kappa shape index (κ2) is 7.07. The number of hydrogen-bond acceptors (Lipinski definition) is 3. The summed E-state index contributed by atoms with van der Waals surface area (Å²) in [7, 11) is 0. The number of carbonyl (C=O) groups excluding carboxylic acids is 1. The maximum absolute atomic E-state index is 12.4. The first-order chi connectivity index (χ1) is 10.8. The molecule has 1 aliphatic heterocycles. The van der Waals surface area contributed by atoms with Gasteiger partial charge in [0.25, 0.3) is 0 Å². The SMILES string of the molecule is O=C(OCc1ccccc1)N1CCCC[C@@H]1c1cccnc1. The van der Waals surface area contributed by atoms with Crippen LogP contribution in [0.1, 0.15) is 36.4 Å². The number of likely N-dealkylation sites (tertiary alicyclic amines) is 1. The van der Waals surface area contributed by atoms with Crippen LogP contribution in [-0.2, 0) is 11.3 Å². The summed E-state index contributed by atoms with van der Waals surface area (Å²) in [5.41, 5.74) is 2.09. The molecular formula is C18H20N2O2. The summed E-state index contributed by atoms with van der Waals surface area (Å²) in [6.45, 7) is 1.06. The van der Waals surface area contributed by atoms with E-state index < -0.39 is 0 Å². The summed E-state index contributed by atoms with van der Waals surface area (Å²) in [5.74, 6) is 0. The molecule has 0 N–H and O–H groups in total. The largest absolute Gasteiger partial charge is 0.445 e. The molecule has 4 nitrogen and oxygen atoms in total. The van der Waals surface area contributed by atoms with E-state index in [1.54, 1.807) is 6.20 Å². The number of rotatable bonds is 3. The van der Waals surface area contributed by atoms with Crippen molar-refractivity contribution < 1.29 is 9.53 Å². The summed E-state index contributed by atoms with van der Waals surface area (Å²) in [5, 5.41) is 0. The minimum Gasteiger partial charge on any atom is -0.445 e. The Morgan fingerprint density at radius 1 is 1.18 bits per heavy atom. The number of amides is 1. The van der Waals surface area contributed by atoms with Gasteiger partial charge in [-0.3, -0.25) is 4.98 Å². The van der Waals surface area contributed by atoms with Gasteiger partial charge >= 0.3 is 6.09 Å². The molecule has 114 valence electrons. The fraction of sp³-hybridized carbons (Fsp3) is 0.333. The first-order valence-electron chi connectivity index (χ1n) is 7.72. The Hall–Kier alpha value is -2.36. The third kappa shape index (κ3) is 3.45. The van der Waals surface area contributed by atoms with Gasteiger partial charge in [-0.1, -0.05) is 36.4 Å². The predicted molar refractivity (Wildman–Crippen MR) is 84.2 cm³/mol. The van der Waals surface area contributed by atoms with E-state index in [1.807, 2.05) is 53.6 Å². The van der Waals surface area contributed by atoms with E-state index in [-0.39, 0.29) is 12.1 Å². The second-order valence-corrected chi connectivity index (χ2v) is 5.53. The molecule has 0 unspecified atom stereocenters. The smallest absolute Gasteiger partial charge is 0.410 e. The summed E-state index contributed by atoms with van der Waals surface area (Å²) >= 11 is 0. The van der Waals surface area contributed by atoms with Crippen LogP contribution in [0.3, 0.4) is 0 Å². The molecule has 0 saturated carbocycles. The Labute approximate surface area is 130 Å². The summed E-state index contributed by atoms with van der Waals surface area (Å²) in [6.07, 6.45) is 6.47. The Morgan fingerprint density at radius 2 is 2.05 bits per heavy atom. The van der Waals surface area contributed by atoms with Crippen molar-refractivity contribution in [1.29, 1.82) is 0 Å². The zero-order valence-electron chi connectivity index (χ0n) is 12.5. The van der Waals surface area contributed by atoms with E-state index in [1.165, 1.54) is 0 Å². The summed E-state index contributed by atoms with van der Waals surface area (Å²) in [4.78, 5) is 18.4. The van der Waals surface area contributed by atoms with Gasteiger partial charge in [0.15, 0.2) is 0 Å². The van der Waals surface area contributed by atoms with Crippen LogP contribution in [-0.4, -0.2) is 22.5 Å². The monoisotopic (exact) mass is 296 g/mol. The highest BCUT2D eigenvalue weighted by Crippen LogP contribution is 2.30. The average Bonchev–Trinajstić information content (AvgIpc) is 2.61. The lowest BCUT2D eigenvalue weighted by atomic mass is 9.97. The highest BCUT2D eigenvalue weighted by molar-refractivity contribution is 5.68. The molecule has 0 radical (unpaired) electrons. The molecule has 4 heteroatoms. The Balaban J connectivity index is 1.66. The van der Waals surface area contributed by atoms with E-state index in [9.17, 15) is 4.79 Å². The standard InChI is InChI=1S/C18H20N2O2/c21-18(22-14-15-7-2-1-3-8-15)20-12-5-4-10-17(20)16-9-6-11-19-13-16/h1-3,6-9,11,13,17H,4-5,10,12,14H2/t17-/m1/s1. The van der Waals surface area contributed by atoms with Crippen LogP contribution in [0, 0.1) is 0 Å². The lowest BCUT2D eigenvalue weighted by molar-refractivity contribution is 0.0678. The maximum Gasteiger partial charge on any atom is 0.410 e. The molecule has 0 bridgehead atoms. The summed E-state index contributed by atoms with van der Waals surface area (Å²) in [6, 6.07) is 13.8. The van der Waals surface area contributed by atoms with Gasteiger partial charge in [-0.15, -0.1) is 0 Å². The molecule has 2 heterocycles. The van der Waals surface area contributed by atoms with Crippen LogP contribution >= 0.6 is 0 Å². The fourth-order valence-electron chi connectivity index (χ4n) is 2.87. The molecule has 1 aromatic carbocycles. The number of hydrogen-bond donors (Lipinski definition) is 0. The molecular weight excluding hydrogens is 276 g/mol. The van der Waals surface area contributed by atoms with Crippen molar-refractivity contribution >= 4 is 6.09 Å². The average molecular weight is 296 g/mol. The number of aromatic nitrogens is 1. The Morgan fingerprint density at radius 3 is 2.82 bits per heavy atom. The van der Waals surface area contributed by atoms with E-state index in [4.69, 9.17) is 4.74 Å². The zero-order chi connectivity index (χ0) is 15.2. The number of nitrogens with zero attached hydrogens (tertiary/aromatic N) is 2. The van der Waals surface area contributed by atoms with Crippen LogP contribution < -0.4 is 0 Å². The molecule has 0 spiro atoms. The molecule has 1 aliphatic rings. The zero-order valence-corrected chi connectivity index (χ0v) is 12.5. The van der Waals surface area contributed by atoms with Crippen LogP contribution in [0.2, 0.25) is 0 Å². The van der Waals surface area contributed by atoms with E-state index in [2.05, 4.69) is 4.98 Å². The molecule has 0 aliphatic carbocycles. The van der Waals surface area contributed by atoms with Crippen molar-refractivity contribution in [2.45, 2.75) is 31.9 Å². The van der Waals surface area contributed by atoms with Crippen molar-refractivity contribution in [1.82, 2.24) is 9.88 Å². The normalized spacial score (nSPS) is 18.0. The van der Waals surface area contributed by atoms with Crippen molar-refractivity contribution in [3.8, 4) is 0 Å². The minimum atomic E-state index is -0.239. The fourth-order valence-corrected chi connectivity index (χ4v) is 2.87. The van der Waals surface area contributed by atoms with Crippen LogP contribution in [0.15, 0.2) is 54.9 Å². The topological polar surface area (TPSA) is 42.4 Å². The van der Waals surface area contributed by atoms with Gasteiger partial charge < -0.3 is 9.64 Å². The molecule has 22 heavy (non-hydrogen) atoms. The molecule has 1 fully saturated rings. The van der Waals surface area contributed by atoms with Crippen molar-refractivity contribution in [2.24, 2.45) is 0 Å². The third-order valence-electron chi connectivity index (χ3n) is 4.01. The van der Waals surface area contributed by atoms with Gasteiger partial charge in [0, 0.05) is 18.9 Å². The quantitative estimate of drug-likeness (QED) is 0.861. The van der Waals surface area contributed by atoms with Crippen LogP contribution in [0.4, 0.5) is 4.79 Å². The van der Waals surface area contributed by atoms with Gasteiger partial charge in [-0.2, -0.15) is 0 Å². The third-order valence-corrected chi connectivity index (χ3v) is 4.01. The van der Waals surface area contributed by atoms with Gasteiger partial charge in [0.1, 0.15) is 6.61 Å². The van der Waals surface area contributed by atoms with Gasteiger partial charge in [-0.05, 0) is 36.5 Å². The van der Waals surface area contributed by atoms with Gasteiger partial charge in [-0.25, -0.2) is 4.79 Å². The van der Waals surface area contributed by atoms with E-state index in [0.717, 1.165) is 36.9 Å². The lowest BCUT2D eigenvalue weighted by Gasteiger charge is -2.35. The van der Waals surface area contributed by atoms with E-state index in [0.29, 0.717) is 6.61 Å². The molecule has 2 aromatic rings. The summed E-state index contributed by atoms with van der Waals surface area (Å²) < 4.78 is 5.49.